The highest BCUT2D eigenvalue weighted by molar-refractivity contribution is 5.64. The number of benzene rings is 1. The van der Waals surface area contributed by atoms with Gasteiger partial charge in [0.15, 0.2) is 5.65 Å². The zero-order valence-corrected chi connectivity index (χ0v) is 12.5. The fourth-order valence-corrected chi connectivity index (χ4v) is 2.36. The maximum Gasteiger partial charge on any atom is 0.156 e. The van der Waals surface area contributed by atoms with Crippen LogP contribution >= 0.6 is 0 Å². The number of allylic oxidation sites excluding steroid dienone is 1. The molecule has 0 radical (unpaired) electrons. The van der Waals surface area contributed by atoms with Gasteiger partial charge in [-0.2, -0.15) is 5.26 Å². The lowest BCUT2D eigenvalue weighted by Gasteiger charge is -2.01. The lowest BCUT2D eigenvalue weighted by molar-refractivity contribution is 0.970. The zero-order chi connectivity index (χ0) is 15.5. The van der Waals surface area contributed by atoms with Crippen LogP contribution in [0.1, 0.15) is 31.0 Å². The van der Waals surface area contributed by atoms with Crippen LogP contribution in [-0.2, 0) is 0 Å². The van der Waals surface area contributed by atoms with Gasteiger partial charge in [0, 0.05) is 18.0 Å². The van der Waals surface area contributed by atoms with E-state index in [-0.39, 0.29) is 0 Å². The molecule has 0 aliphatic heterocycles. The molecule has 0 amide bonds. The summed E-state index contributed by atoms with van der Waals surface area (Å²) in [5, 5.41) is 8.85. The molecule has 4 nitrogen and oxygen atoms in total. The van der Waals surface area contributed by atoms with Gasteiger partial charge in [-0.15, -0.1) is 0 Å². The molecule has 22 heavy (non-hydrogen) atoms. The molecule has 1 aromatic carbocycles. The molecule has 0 aliphatic carbocycles. The molecule has 0 atom stereocenters. The molecule has 0 bridgehead atoms. The molecule has 4 heteroatoms. The number of nitrogens with zero attached hydrogens (tertiary/aromatic N) is 4. The van der Waals surface area contributed by atoms with E-state index in [0.29, 0.717) is 5.56 Å². The molecule has 0 spiro atoms. The summed E-state index contributed by atoms with van der Waals surface area (Å²) in [6.45, 7) is 6.21. The first kappa shape index (κ1) is 14.0. The standard InChI is InChI=1S/C18H16N4/c1-3-4-13(2)16-11-22-12-17(20-10-18(22)21-16)15-7-5-14(9-19)6-8-15/h5-8,10-12H,2-4H2,1H3. The minimum atomic E-state index is 0.644. The van der Waals surface area contributed by atoms with E-state index >= 15 is 0 Å². The largest absolute Gasteiger partial charge is 0.303 e. The minimum absolute atomic E-state index is 0.644. The molecule has 2 heterocycles. The Morgan fingerprint density at radius 2 is 2.05 bits per heavy atom. The third-order valence-electron chi connectivity index (χ3n) is 3.57. The number of aromatic nitrogens is 3. The Morgan fingerprint density at radius 3 is 2.73 bits per heavy atom. The quantitative estimate of drug-likeness (QED) is 0.726. The van der Waals surface area contributed by atoms with Gasteiger partial charge >= 0.3 is 0 Å². The van der Waals surface area contributed by atoms with Gasteiger partial charge in [0.05, 0.1) is 29.2 Å². The van der Waals surface area contributed by atoms with Gasteiger partial charge in [0.2, 0.25) is 0 Å². The zero-order valence-electron chi connectivity index (χ0n) is 12.5. The van der Waals surface area contributed by atoms with Crippen molar-refractivity contribution in [2.24, 2.45) is 0 Å². The summed E-state index contributed by atoms with van der Waals surface area (Å²) in [4.78, 5) is 9.01. The summed E-state index contributed by atoms with van der Waals surface area (Å²) in [6.07, 6.45) is 7.70. The van der Waals surface area contributed by atoms with Crippen LogP contribution in [0.15, 0.2) is 49.4 Å². The Balaban J connectivity index is 1.98. The number of fused-ring (bicyclic) bond motifs is 1. The first-order valence-electron chi connectivity index (χ1n) is 7.24. The van der Waals surface area contributed by atoms with Crippen molar-refractivity contribution in [3.63, 3.8) is 0 Å². The average molecular weight is 288 g/mol. The number of nitriles is 1. The predicted molar refractivity (Wildman–Crippen MR) is 87.1 cm³/mol. The van der Waals surface area contributed by atoms with Gasteiger partial charge in [-0.1, -0.05) is 32.1 Å². The van der Waals surface area contributed by atoms with Crippen LogP contribution in [0.5, 0.6) is 0 Å². The smallest absolute Gasteiger partial charge is 0.156 e. The molecular formula is C18H16N4. The van der Waals surface area contributed by atoms with Crippen LogP contribution < -0.4 is 0 Å². The van der Waals surface area contributed by atoms with Crippen molar-refractivity contribution in [3.8, 4) is 17.3 Å². The molecule has 0 N–H and O–H groups in total. The molecule has 0 unspecified atom stereocenters. The summed E-state index contributed by atoms with van der Waals surface area (Å²) in [5.41, 5.74) is 5.24. The monoisotopic (exact) mass is 288 g/mol. The fourth-order valence-electron chi connectivity index (χ4n) is 2.36. The second kappa shape index (κ2) is 5.82. The first-order valence-corrected chi connectivity index (χ1v) is 7.24. The van der Waals surface area contributed by atoms with Crippen molar-refractivity contribution in [2.75, 3.05) is 0 Å². The van der Waals surface area contributed by atoms with E-state index < -0.39 is 0 Å². The summed E-state index contributed by atoms with van der Waals surface area (Å²) in [6, 6.07) is 9.51. The van der Waals surface area contributed by atoms with Crippen molar-refractivity contribution in [1.82, 2.24) is 14.4 Å². The molecule has 0 aliphatic rings. The Bertz CT molecular complexity index is 866. The molecule has 3 rings (SSSR count). The van der Waals surface area contributed by atoms with Crippen molar-refractivity contribution in [2.45, 2.75) is 19.8 Å². The number of hydrogen-bond donors (Lipinski definition) is 0. The number of hydrogen-bond acceptors (Lipinski definition) is 3. The fraction of sp³-hybridized carbons (Fsp3) is 0.167. The molecule has 3 aromatic rings. The summed E-state index contributed by atoms with van der Waals surface area (Å²) < 4.78 is 1.97. The normalized spacial score (nSPS) is 10.5. The lowest BCUT2D eigenvalue weighted by atomic mass is 10.1. The third-order valence-corrected chi connectivity index (χ3v) is 3.57. The lowest BCUT2D eigenvalue weighted by Crippen LogP contribution is -1.89. The summed E-state index contributed by atoms with van der Waals surface area (Å²) in [7, 11) is 0. The molecular weight excluding hydrogens is 272 g/mol. The maximum absolute atomic E-state index is 8.85. The van der Waals surface area contributed by atoms with Crippen molar-refractivity contribution >= 4 is 11.2 Å². The molecule has 0 saturated carbocycles. The van der Waals surface area contributed by atoms with Gasteiger partial charge in [-0.05, 0) is 24.1 Å². The number of imidazole rings is 1. The average Bonchev–Trinajstić information content (AvgIpc) is 2.98. The summed E-state index contributed by atoms with van der Waals surface area (Å²) >= 11 is 0. The van der Waals surface area contributed by atoms with E-state index in [2.05, 4.69) is 29.5 Å². The van der Waals surface area contributed by atoms with E-state index in [1.165, 1.54) is 0 Å². The topological polar surface area (TPSA) is 54.0 Å². The highest BCUT2D eigenvalue weighted by Crippen LogP contribution is 2.21. The number of rotatable bonds is 4. The second-order valence-electron chi connectivity index (χ2n) is 5.21. The van der Waals surface area contributed by atoms with Crippen LogP contribution in [0.2, 0.25) is 0 Å². The maximum atomic E-state index is 8.85. The highest BCUT2D eigenvalue weighted by atomic mass is 15.0. The first-order chi connectivity index (χ1) is 10.7. The molecule has 2 aromatic heterocycles. The van der Waals surface area contributed by atoms with Crippen molar-refractivity contribution in [1.29, 1.82) is 5.26 Å². The third kappa shape index (κ3) is 2.61. The van der Waals surface area contributed by atoms with E-state index in [9.17, 15) is 0 Å². The summed E-state index contributed by atoms with van der Waals surface area (Å²) in [5.74, 6) is 0. The van der Waals surface area contributed by atoms with E-state index in [1.54, 1.807) is 18.3 Å². The van der Waals surface area contributed by atoms with Gasteiger partial charge in [0.1, 0.15) is 0 Å². The van der Waals surface area contributed by atoms with Crippen LogP contribution in [0.4, 0.5) is 0 Å². The minimum Gasteiger partial charge on any atom is -0.303 e. The van der Waals surface area contributed by atoms with Crippen molar-refractivity contribution in [3.05, 3.63) is 60.7 Å². The van der Waals surface area contributed by atoms with Crippen LogP contribution in [0, 0.1) is 11.3 Å². The Morgan fingerprint density at radius 1 is 1.27 bits per heavy atom. The SMILES string of the molecule is C=C(CCC)c1cn2cc(-c3ccc(C#N)cc3)ncc2n1. The Labute approximate surface area is 129 Å². The Kier molecular flexibility index (Phi) is 3.71. The van der Waals surface area contributed by atoms with Gasteiger partial charge < -0.3 is 4.40 Å². The second-order valence-corrected chi connectivity index (χ2v) is 5.21. The van der Waals surface area contributed by atoms with E-state index in [4.69, 9.17) is 5.26 Å². The van der Waals surface area contributed by atoms with Gasteiger partial charge in [-0.3, -0.25) is 4.98 Å². The molecule has 0 saturated heterocycles. The Hall–Kier alpha value is -2.93. The molecule has 0 fully saturated rings. The van der Waals surface area contributed by atoms with E-state index in [1.807, 2.05) is 28.9 Å². The van der Waals surface area contributed by atoms with Crippen LogP contribution in [0.25, 0.3) is 22.5 Å². The van der Waals surface area contributed by atoms with Crippen LogP contribution in [-0.4, -0.2) is 14.4 Å². The highest BCUT2D eigenvalue weighted by Gasteiger charge is 2.07. The van der Waals surface area contributed by atoms with Gasteiger partial charge in [-0.25, -0.2) is 4.98 Å². The molecule has 108 valence electrons. The van der Waals surface area contributed by atoms with Crippen LogP contribution in [0.3, 0.4) is 0 Å². The van der Waals surface area contributed by atoms with E-state index in [0.717, 1.165) is 41.0 Å². The van der Waals surface area contributed by atoms with Gasteiger partial charge in [0.25, 0.3) is 0 Å². The van der Waals surface area contributed by atoms with Crippen molar-refractivity contribution < 1.29 is 0 Å². The predicted octanol–water partition coefficient (Wildman–Crippen LogP) is 4.08.